The van der Waals surface area contributed by atoms with Crippen LogP contribution in [0.4, 0.5) is 0 Å². The van der Waals surface area contributed by atoms with Crippen LogP contribution in [-0.4, -0.2) is 18.1 Å². The van der Waals surface area contributed by atoms with Crippen molar-refractivity contribution in [3.63, 3.8) is 0 Å². The van der Waals surface area contributed by atoms with E-state index >= 15 is 0 Å². The number of hydrogen-bond acceptors (Lipinski definition) is 3. The Balaban J connectivity index is 1.90. The first-order chi connectivity index (χ1) is 11.1. The minimum Gasteiger partial charge on any atom is -0.504 e. The van der Waals surface area contributed by atoms with E-state index in [2.05, 4.69) is 24.4 Å². The molecule has 4 heteroatoms. The first-order valence-electron chi connectivity index (χ1n) is 7.53. The number of carbonyl (C=O) groups is 1. The van der Waals surface area contributed by atoms with Gasteiger partial charge in [-0.05, 0) is 41.3 Å². The summed E-state index contributed by atoms with van der Waals surface area (Å²) in [7, 11) is 1.49. The number of aromatic hydroxyl groups is 1. The van der Waals surface area contributed by atoms with Gasteiger partial charge in [-0.1, -0.05) is 37.3 Å². The molecule has 2 aromatic carbocycles. The molecule has 2 N–H and O–H groups in total. The molecule has 0 spiro atoms. The molecule has 0 aliphatic rings. The van der Waals surface area contributed by atoms with Crippen molar-refractivity contribution in [1.29, 1.82) is 0 Å². The van der Waals surface area contributed by atoms with Crippen LogP contribution in [0.5, 0.6) is 11.5 Å². The van der Waals surface area contributed by atoms with Gasteiger partial charge in [-0.15, -0.1) is 0 Å². The van der Waals surface area contributed by atoms with Gasteiger partial charge in [0.05, 0.1) is 7.11 Å². The summed E-state index contributed by atoms with van der Waals surface area (Å²) in [6, 6.07) is 13.1. The minimum atomic E-state index is -0.170. The lowest BCUT2D eigenvalue weighted by Gasteiger charge is -2.07. The van der Waals surface area contributed by atoms with Crippen molar-refractivity contribution in [3.8, 4) is 11.5 Å². The smallest absolute Gasteiger partial charge is 0.244 e. The maximum atomic E-state index is 11.9. The van der Waals surface area contributed by atoms with Crippen LogP contribution >= 0.6 is 0 Å². The summed E-state index contributed by atoms with van der Waals surface area (Å²) in [6.45, 7) is 2.48. The van der Waals surface area contributed by atoms with Crippen LogP contribution in [0.3, 0.4) is 0 Å². The second-order valence-electron chi connectivity index (χ2n) is 5.15. The Morgan fingerprint density at radius 3 is 2.52 bits per heavy atom. The zero-order chi connectivity index (χ0) is 16.7. The van der Waals surface area contributed by atoms with Gasteiger partial charge in [0.25, 0.3) is 0 Å². The van der Waals surface area contributed by atoms with Gasteiger partial charge < -0.3 is 15.2 Å². The van der Waals surface area contributed by atoms with Gasteiger partial charge >= 0.3 is 0 Å². The highest BCUT2D eigenvalue weighted by molar-refractivity contribution is 5.91. The quantitative estimate of drug-likeness (QED) is 0.805. The van der Waals surface area contributed by atoms with Gasteiger partial charge in [0.1, 0.15) is 0 Å². The van der Waals surface area contributed by atoms with Crippen LogP contribution in [0.1, 0.15) is 23.6 Å². The van der Waals surface area contributed by atoms with E-state index in [1.807, 2.05) is 12.1 Å². The Morgan fingerprint density at radius 1 is 1.17 bits per heavy atom. The number of benzene rings is 2. The normalized spacial score (nSPS) is 10.7. The molecule has 0 atom stereocenters. The predicted molar refractivity (Wildman–Crippen MR) is 91.4 cm³/mol. The molecule has 0 heterocycles. The third-order valence-corrected chi connectivity index (χ3v) is 3.53. The SMILES string of the molecule is CCc1ccc(C=CC(=O)NCc2ccc(O)c(OC)c2)cc1. The summed E-state index contributed by atoms with van der Waals surface area (Å²) < 4.78 is 5.04. The summed E-state index contributed by atoms with van der Waals surface area (Å²) in [5.74, 6) is 0.304. The molecule has 23 heavy (non-hydrogen) atoms. The summed E-state index contributed by atoms with van der Waals surface area (Å²) in [5.41, 5.74) is 3.12. The van der Waals surface area contributed by atoms with E-state index in [-0.39, 0.29) is 11.7 Å². The number of aryl methyl sites for hydroxylation is 1. The zero-order valence-electron chi connectivity index (χ0n) is 13.4. The Hall–Kier alpha value is -2.75. The van der Waals surface area contributed by atoms with Crippen LogP contribution in [0.25, 0.3) is 6.08 Å². The van der Waals surface area contributed by atoms with Crippen molar-refractivity contribution < 1.29 is 14.6 Å². The molecule has 0 aliphatic heterocycles. The van der Waals surface area contributed by atoms with Gasteiger partial charge in [-0.3, -0.25) is 4.79 Å². The number of carbonyl (C=O) groups excluding carboxylic acids is 1. The fourth-order valence-corrected chi connectivity index (χ4v) is 2.12. The molecule has 0 bridgehead atoms. The zero-order valence-corrected chi connectivity index (χ0v) is 13.4. The van der Waals surface area contributed by atoms with Crippen LogP contribution in [-0.2, 0) is 17.8 Å². The molecule has 120 valence electrons. The molecule has 2 rings (SSSR count). The number of rotatable bonds is 6. The molecule has 0 saturated carbocycles. The van der Waals surface area contributed by atoms with Crippen molar-refractivity contribution in [2.45, 2.75) is 19.9 Å². The number of ether oxygens (including phenoxy) is 1. The van der Waals surface area contributed by atoms with Crippen LogP contribution in [0.15, 0.2) is 48.5 Å². The molecule has 0 aromatic heterocycles. The van der Waals surface area contributed by atoms with Crippen molar-refractivity contribution >= 4 is 12.0 Å². The van der Waals surface area contributed by atoms with Gasteiger partial charge in [0.15, 0.2) is 11.5 Å². The number of phenols is 1. The Labute approximate surface area is 136 Å². The molecule has 1 amide bonds. The molecule has 4 nitrogen and oxygen atoms in total. The van der Waals surface area contributed by atoms with Gasteiger partial charge in [0.2, 0.25) is 5.91 Å². The van der Waals surface area contributed by atoms with E-state index in [4.69, 9.17) is 4.74 Å². The highest BCUT2D eigenvalue weighted by atomic mass is 16.5. The maximum Gasteiger partial charge on any atom is 0.244 e. The topological polar surface area (TPSA) is 58.6 Å². The number of phenolic OH excluding ortho intramolecular Hbond substituents is 1. The van der Waals surface area contributed by atoms with E-state index in [0.29, 0.717) is 12.3 Å². The van der Waals surface area contributed by atoms with Crippen molar-refractivity contribution in [2.75, 3.05) is 7.11 Å². The Bertz CT molecular complexity index is 690. The first kappa shape index (κ1) is 16.6. The second kappa shape index (κ2) is 8.03. The monoisotopic (exact) mass is 311 g/mol. The van der Waals surface area contributed by atoms with Crippen molar-refractivity contribution in [1.82, 2.24) is 5.32 Å². The van der Waals surface area contributed by atoms with E-state index in [1.54, 1.807) is 24.3 Å². The first-order valence-corrected chi connectivity index (χ1v) is 7.53. The Morgan fingerprint density at radius 2 is 1.87 bits per heavy atom. The standard InChI is InChI=1S/C19H21NO3/c1-3-14-4-6-15(7-5-14)9-11-19(22)20-13-16-8-10-17(21)18(12-16)23-2/h4-12,21H,3,13H2,1-2H3,(H,20,22). The highest BCUT2D eigenvalue weighted by Gasteiger charge is 2.03. The molecule has 0 saturated heterocycles. The second-order valence-corrected chi connectivity index (χ2v) is 5.15. The number of amides is 1. The summed E-state index contributed by atoms with van der Waals surface area (Å²) in [5, 5.41) is 12.3. The van der Waals surface area contributed by atoms with Crippen LogP contribution in [0, 0.1) is 0 Å². The molecule has 0 aliphatic carbocycles. The lowest BCUT2D eigenvalue weighted by molar-refractivity contribution is -0.116. The largest absolute Gasteiger partial charge is 0.504 e. The van der Waals surface area contributed by atoms with Crippen molar-refractivity contribution in [2.24, 2.45) is 0 Å². The molecule has 0 unspecified atom stereocenters. The fraction of sp³-hybridized carbons (Fsp3) is 0.211. The van der Waals surface area contributed by atoms with Crippen molar-refractivity contribution in [3.05, 3.63) is 65.2 Å². The van der Waals surface area contributed by atoms with E-state index in [0.717, 1.165) is 17.5 Å². The molecular formula is C19H21NO3. The van der Waals surface area contributed by atoms with E-state index in [9.17, 15) is 9.90 Å². The van der Waals surface area contributed by atoms with Gasteiger partial charge in [-0.2, -0.15) is 0 Å². The lowest BCUT2D eigenvalue weighted by atomic mass is 10.1. The van der Waals surface area contributed by atoms with E-state index in [1.165, 1.54) is 18.7 Å². The van der Waals surface area contributed by atoms with E-state index < -0.39 is 0 Å². The fourth-order valence-electron chi connectivity index (χ4n) is 2.12. The lowest BCUT2D eigenvalue weighted by Crippen LogP contribution is -2.20. The van der Waals surface area contributed by atoms with Gasteiger partial charge in [0, 0.05) is 12.6 Å². The maximum absolute atomic E-state index is 11.9. The molecule has 2 aromatic rings. The number of nitrogens with one attached hydrogen (secondary N) is 1. The highest BCUT2D eigenvalue weighted by Crippen LogP contribution is 2.26. The Kier molecular flexibility index (Phi) is 5.80. The molecular weight excluding hydrogens is 290 g/mol. The third kappa shape index (κ3) is 4.88. The van der Waals surface area contributed by atoms with Crippen LogP contribution in [0.2, 0.25) is 0 Å². The molecule has 0 fully saturated rings. The summed E-state index contributed by atoms with van der Waals surface area (Å²) in [6.07, 6.45) is 4.30. The average molecular weight is 311 g/mol. The van der Waals surface area contributed by atoms with Gasteiger partial charge in [-0.25, -0.2) is 0 Å². The average Bonchev–Trinajstić information content (AvgIpc) is 2.59. The van der Waals surface area contributed by atoms with Crippen LogP contribution < -0.4 is 10.1 Å². The summed E-state index contributed by atoms with van der Waals surface area (Å²) in [4.78, 5) is 11.9. The predicted octanol–water partition coefficient (Wildman–Crippen LogP) is 3.29. The number of hydrogen-bond donors (Lipinski definition) is 2. The number of methoxy groups -OCH3 is 1. The molecule has 0 radical (unpaired) electrons. The third-order valence-electron chi connectivity index (χ3n) is 3.53. The summed E-state index contributed by atoms with van der Waals surface area (Å²) >= 11 is 0. The minimum absolute atomic E-state index is 0.0815.